The molecule has 0 aromatic rings. The standard InChI is InChI=1S/C10H16O2/c11-8-3-6-10(7-9(8)12)4-1-2-5-10/h9,12H,1-7H2. The highest BCUT2D eigenvalue weighted by molar-refractivity contribution is 5.83. The van der Waals surface area contributed by atoms with Gasteiger partial charge < -0.3 is 5.11 Å². The number of rotatable bonds is 0. The lowest BCUT2D eigenvalue weighted by Gasteiger charge is -2.35. The fraction of sp³-hybridized carbons (Fsp3) is 0.900. The van der Waals surface area contributed by atoms with E-state index in [1.165, 1.54) is 25.7 Å². The number of hydrogen-bond acceptors (Lipinski definition) is 2. The largest absolute Gasteiger partial charge is 0.385 e. The van der Waals surface area contributed by atoms with Gasteiger partial charge in [0.15, 0.2) is 5.78 Å². The van der Waals surface area contributed by atoms with Crippen molar-refractivity contribution in [2.45, 2.75) is 51.0 Å². The molecule has 0 aromatic carbocycles. The van der Waals surface area contributed by atoms with Gasteiger partial charge in [0.05, 0.1) is 0 Å². The van der Waals surface area contributed by atoms with Crippen molar-refractivity contribution >= 4 is 5.78 Å². The molecule has 2 aliphatic carbocycles. The summed E-state index contributed by atoms with van der Waals surface area (Å²) in [5.41, 5.74) is 0.354. The maximum atomic E-state index is 11.1. The summed E-state index contributed by atoms with van der Waals surface area (Å²) in [7, 11) is 0. The number of hydrogen-bond donors (Lipinski definition) is 1. The minimum atomic E-state index is -0.642. The van der Waals surface area contributed by atoms with E-state index in [0.29, 0.717) is 11.8 Å². The number of aliphatic hydroxyl groups excluding tert-OH is 1. The maximum absolute atomic E-state index is 11.1. The first-order valence-electron chi connectivity index (χ1n) is 4.93. The van der Waals surface area contributed by atoms with Crippen LogP contribution in [0.4, 0.5) is 0 Å². The number of Topliss-reactive ketones (excluding diaryl/α,β-unsaturated/α-hetero) is 1. The van der Waals surface area contributed by atoms with E-state index in [-0.39, 0.29) is 5.78 Å². The second kappa shape index (κ2) is 2.84. The molecule has 1 unspecified atom stereocenters. The normalized spacial score (nSPS) is 34.4. The first kappa shape index (κ1) is 8.24. The Morgan fingerprint density at radius 2 is 1.92 bits per heavy atom. The Kier molecular flexibility index (Phi) is 1.95. The molecule has 2 fully saturated rings. The van der Waals surface area contributed by atoms with Crippen LogP contribution in [0, 0.1) is 5.41 Å². The summed E-state index contributed by atoms with van der Waals surface area (Å²) in [5, 5.41) is 9.45. The highest BCUT2D eigenvalue weighted by Crippen LogP contribution is 2.48. The second-order valence-electron chi connectivity index (χ2n) is 4.39. The predicted molar refractivity (Wildman–Crippen MR) is 45.8 cm³/mol. The fourth-order valence-electron chi connectivity index (χ4n) is 2.76. The summed E-state index contributed by atoms with van der Waals surface area (Å²) in [5.74, 6) is 0.0625. The zero-order valence-electron chi connectivity index (χ0n) is 7.38. The Labute approximate surface area is 73.0 Å². The van der Waals surface area contributed by atoms with Gasteiger partial charge in [0.1, 0.15) is 6.10 Å². The van der Waals surface area contributed by atoms with E-state index >= 15 is 0 Å². The van der Waals surface area contributed by atoms with Gasteiger partial charge in [-0.15, -0.1) is 0 Å². The van der Waals surface area contributed by atoms with Crippen molar-refractivity contribution in [3.8, 4) is 0 Å². The molecule has 0 amide bonds. The number of carbonyl (C=O) groups excluding carboxylic acids is 1. The van der Waals surface area contributed by atoms with Gasteiger partial charge in [-0.25, -0.2) is 0 Å². The van der Waals surface area contributed by atoms with E-state index in [9.17, 15) is 9.90 Å². The Hall–Kier alpha value is -0.370. The molecule has 12 heavy (non-hydrogen) atoms. The molecule has 0 bridgehead atoms. The first-order valence-corrected chi connectivity index (χ1v) is 4.93. The Morgan fingerprint density at radius 3 is 2.50 bits per heavy atom. The highest BCUT2D eigenvalue weighted by Gasteiger charge is 2.40. The molecule has 0 heterocycles. The molecule has 1 atom stereocenters. The highest BCUT2D eigenvalue weighted by atomic mass is 16.3. The van der Waals surface area contributed by atoms with Gasteiger partial charge in [-0.3, -0.25) is 4.79 Å². The van der Waals surface area contributed by atoms with Crippen LogP contribution < -0.4 is 0 Å². The monoisotopic (exact) mass is 168 g/mol. The quantitative estimate of drug-likeness (QED) is 0.597. The summed E-state index contributed by atoms with van der Waals surface area (Å²) >= 11 is 0. The summed E-state index contributed by atoms with van der Waals surface area (Å²) in [4.78, 5) is 11.1. The van der Waals surface area contributed by atoms with Crippen LogP contribution in [0.25, 0.3) is 0 Å². The van der Waals surface area contributed by atoms with Crippen molar-refractivity contribution < 1.29 is 9.90 Å². The van der Waals surface area contributed by atoms with Crippen molar-refractivity contribution in [2.24, 2.45) is 5.41 Å². The van der Waals surface area contributed by atoms with E-state index < -0.39 is 6.10 Å². The van der Waals surface area contributed by atoms with Gasteiger partial charge in [0.25, 0.3) is 0 Å². The SMILES string of the molecule is O=C1CCC2(CCCC2)CC1O. The summed E-state index contributed by atoms with van der Waals surface area (Å²) < 4.78 is 0. The Balaban J connectivity index is 2.05. The molecular formula is C10H16O2. The minimum absolute atomic E-state index is 0.0625. The summed E-state index contributed by atoms with van der Waals surface area (Å²) in [6.45, 7) is 0. The fourth-order valence-corrected chi connectivity index (χ4v) is 2.76. The molecule has 68 valence electrons. The van der Waals surface area contributed by atoms with Crippen LogP contribution in [0.5, 0.6) is 0 Å². The Morgan fingerprint density at radius 1 is 1.25 bits per heavy atom. The lowest BCUT2D eigenvalue weighted by atomic mass is 9.71. The number of aliphatic hydroxyl groups is 1. The molecule has 2 rings (SSSR count). The van der Waals surface area contributed by atoms with Crippen LogP contribution in [0.1, 0.15) is 44.9 Å². The average molecular weight is 168 g/mol. The van der Waals surface area contributed by atoms with Crippen molar-refractivity contribution in [1.29, 1.82) is 0 Å². The van der Waals surface area contributed by atoms with Gasteiger partial charge >= 0.3 is 0 Å². The molecule has 0 saturated heterocycles. The molecule has 2 nitrogen and oxygen atoms in total. The summed E-state index contributed by atoms with van der Waals surface area (Å²) in [6.07, 6.45) is 6.80. The lowest BCUT2D eigenvalue weighted by molar-refractivity contribution is -0.133. The van der Waals surface area contributed by atoms with Crippen molar-refractivity contribution in [1.82, 2.24) is 0 Å². The second-order valence-corrected chi connectivity index (χ2v) is 4.39. The van der Waals surface area contributed by atoms with E-state index in [4.69, 9.17) is 0 Å². The third kappa shape index (κ3) is 1.28. The van der Waals surface area contributed by atoms with Crippen LogP contribution in [-0.2, 0) is 4.79 Å². The molecule has 0 aromatic heterocycles. The molecule has 2 saturated carbocycles. The molecule has 2 aliphatic rings. The van der Waals surface area contributed by atoms with Crippen molar-refractivity contribution in [3.05, 3.63) is 0 Å². The molecule has 2 heteroatoms. The number of carbonyl (C=O) groups is 1. The van der Waals surface area contributed by atoms with E-state index in [0.717, 1.165) is 12.8 Å². The molecule has 0 radical (unpaired) electrons. The molecule has 1 N–H and O–H groups in total. The smallest absolute Gasteiger partial charge is 0.161 e. The zero-order valence-corrected chi connectivity index (χ0v) is 7.38. The van der Waals surface area contributed by atoms with Gasteiger partial charge in [0.2, 0.25) is 0 Å². The van der Waals surface area contributed by atoms with Crippen LogP contribution in [0.2, 0.25) is 0 Å². The minimum Gasteiger partial charge on any atom is -0.385 e. The van der Waals surface area contributed by atoms with Crippen LogP contribution in [-0.4, -0.2) is 17.0 Å². The lowest BCUT2D eigenvalue weighted by Crippen LogP contribution is -2.35. The van der Waals surface area contributed by atoms with E-state index in [1.807, 2.05) is 0 Å². The van der Waals surface area contributed by atoms with Crippen LogP contribution in [0.3, 0.4) is 0 Å². The third-order valence-corrected chi connectivity index (χ3v) is 3.56. The van der Waals surface area contributed by atoms with Crippen LogP contribution >= 0.6 is 0 Å². The molecular weight excluding hydrogens is 152 g/mol. The topological polar surface area (TPSA) is 37.3 Å². The van der Waals surface area contributed by atoms with Crippen molar-refractivity contribution in [3.63, 3.8) is 0 Å². The van der Waals surface area contributed by atoms with E-state index in [2.05, 4.69) is 0 Å². The zero-order chi connectivity index (χ0) is 8.60. The van der Waals surface area contributed by atoms with Crippen LogP contribution in [0.15, 0.2) is 0 Å². The summed E-state index contributed by atoms with van der Waals surface area (Å²) in [6, 6.07) is 0. The van der Waals surface area contributed by atoms with E-state index in [1.54, 1.807) is 0 Å². The number of ketones is 1. The Bertz CT molecular complexity index is 192. The maximum Gasteiger partial charge on any atom is 0.161 e. The van der Waals surface area contributed by atoms with Gasteiger partial charge in [-0.2, -0.15) is 0 Å². The van der Waals surface area contributed by atoms with Gasteiger partial charge in [0, 0.05) is 6.42 Å². The predicted octanol–water partition coefficient (Wildman–Crippen LogP) is 1.66. The molecule has 1 spiro atoms. The van der Waals surface area contributed by atoms with Crippen molar-refractivity contribution in [2.75, 3.05) is 0 Å². The molecule has 0 aliphatic heterocycles. The first-order chi connectivity index (χ1) is 5.72. The third-order valence-electron chi connectivity index (χ3n) is 3.56. The average Bonchev–Trinajstić information content (AvgIpc) is 2.47. The van der Waals surface area contributed by atoms with Gasteiger partial charge in [-0.05, 0) is 31.1 Å². The van der Waals surface area contributed by atoms with Gasteiger partial charge in [-0.1, -0.05) is 12.8 Å².